The van der Waals surface area contributed by atoms with Gasteiger partial charge in [-0.25, -0.2) is 9.18 Å². The molecule has 8 heteroatoms. The highest BCUT2D eigenvalue weighted by molar-refractivity contribution is 6.09. The maximum absolute atomic E-state index is 12.8. The van der Waals surface area contributed by atoms with Crippen molar-refractivity contribution in [3.63, 3.8) is 0 Å². The Balaban J connectivity index is 1.71. The standard InChI is InChI=1S/C16H14FN3O4/c1-16(12-3-2-8-24-12)14(22)20(15(23)19-16)9-13(21)18-11-6-4-10(17)5-7-11/h2-8H,9H2,1H3,(H,18,21)(H,19,23). The van der Waals surface area contributed by atoms with E-state index in [1.807, 2.05) is 0 Å². The van der Waals surface area contributed by atoms with Crippen LogP contribution in [-0.4, -0.2) is 29.3 Å². The first-order chi connectivity index (χ1) is 11.4. The van der Waals surface area contributed by atoms with E-state index in [-0.39, 0.29) is 5.76 Å². The van der Waals surface area contributed by atoms with Crippen LogP contribution in [0.2, 0.25) is 0 Å². The first-order valence-corrected chi connectivity index (χ1v) is 7.13. The second-order valence-corrected chi connectivity index (χ2v) is 5.48. The van der Waals surface area contributed by atoms with Gasteiger partial charge < -0.3 is 15.1 Å². The number of anilines is 1. The summed E-state index contributed by atoms with van der Waals surface area (Å²) in [6.45, 7) is 1.04. The maximum atomic E-state index is 12.8. The molecule has 2 aromatic rings. The zero-order chi connectivity index (χ0) is 17.3. The number of halogens is 1. The van der Waals surface area contributed by atoms with Gasteiger partial charge in [-0.2, -0.15) is 0 Å². The van der Waals surface area contributed by atoms with Crippen molar-refractivity contribution in [2.75, 3.05) is 11.9 Å². The SMILES string of the molecule is CC1(c2ccco2)NC(=O)N(CC(=O)Nc2ccc(F)cc2)C1=O. The molecule has 1 aromatic carbocycles. The van der Waals surface area contributed by atoms with E-state index in [0.717, 1.165) is 4.90 Å². The average Bonchev–Trinajstić information content (AvgIpc) is 3.14. The van der Waals surface area contributed by atoms with Crippen LogP contribution >= 0.6 is 0 Å². The van der Waals surface area contributed by atoms with E-state index in [0.29, 0.717) is 5.69 Å². The number of urea groups is 1. The molecule has 1 aliphatic heterocycles. The molecule has 1 atom stereocenters. The zero-order valence-corrected chi connectivity index (χ0v) is 12.7. The predicted molar refractivity (Wildman–Crippen MR) is 81.3 cm³/mol. The monoisotopic (exact) mass is 331 g/mol. The van der Waals surface area contributed by atoms with Gasteiger partial charge in [-0.3, -0.25) is 14.5 Å². The predicted octanol–water partition coefficient (Wildman–Crippen LogP) is 1.82. The van der Waals surface area contributed by atoms with E-state index >= 15 is 0 Å². The molecule has 1 unspecified atom stereocenters. The minimum atomic E-state index is -1.35. The van der Waals surface area contributed by atoms with Crippen LogP contribution in [-0.2, 0) is 15.1 Å². The number of nitrogens with zero attached hydrogens (tertiary/aromatic N) is 1. The van der Waals surface area contributed by atoms with Gasteiger partial charge in [-0.15, -0.1) is 0 Å². The van der Waals surface area contributed by atoms with Crippen LogP contribution < -0.4 is 10.6 Å². The summed E-state index contributed by atoms with van der Waals surface area (Å²) in [6.07, 6.45) is 1.39. The fourth-order valence-electron chi connectivity index (χ4n) is 2.45. The van der Waals surface area contributed by atoms with Gasteiger partial charge >= 0.3 is 6.03 Å². The molecule has 1 aliphatic rings. The fraction of sp³-hybridized carbons (Fsp3) is 0.188. The molecule has 24 heavy (non-hydrogen) atoms. The van der Waals surface area contributed by atoms with E-state index < -0.39 is 35.7 Å². The Kier molecular flexibility index (Phi) is 3.80. The summed E-state index contributed by atoms with van der Waals surface area (Å²) in [5, 5.41) is 5.02. The molecule has 0 radical (unpaired) electrons. The van der Waals surface area contributed by atoms with E-state index in [9.17, 15) is 18.8 Å². The van der Waals surface area contributed by atoms with Gasteiger partial charge in [0.15, 0.2) is 5.54 Å². The minimum absolute atomic E-state index is 0.280. The summed E-state index contributed by atoms with van der Waals surface area (Å²) in [6, 6.07) is 7.63. The van der Waals surface area contributed by atoms with Crippen LogP contribution in [0.15, 0.2) is 47.1 Å². The van der Waals surface area contributed by atoms with Gasteiger partial charge in [0.1, 0.15) is 18.1 Å². The molecule has 4 amide bonds. The third-order valence-electron chi connectivity index (χ3n) is 3.72. The number of rotatable bonds is 4. The number of benzene rings is 1. The summed E-state index contributed by atoms with van der Waals surface area (Å²) in [7, 11) is 0. The summed E-state index contributed by atoms with van der Waals surface area (Å²) < 4.78 is 18.0. The van der Waals surface area contributed by atoms with Crippen molar-refractivity contribution in [2.45, 2.75) is 12.5 Å². The maximum Gasteiger partial charge on any atom is 0.325 e. The van der Waals surface area contributed by atoms with Gasteiger partial charge in [0, 0.05) is 5.69 Å². The van der Waals surface area contributed by atoms with Crippen LogP contribution in [0.3, 0.4) is 0 Å². The molecule has 0 spiro atoms. The summed E-state index contributed by atoms with van der Waals surface area (Å²) in [5.41, 5.74) is -0.987. The number of furan rings is 1. The number of amides is 4. The largest absolute Gasteiger partial charge is 0.466 e. The summed E-state index contributed by atoms with van der Waals surface area (Å²) in [5.74, 6) is -1.32. The fourth-order valence-corrected chi connectivity index (χ4v) is 2.45. The molecule has 1 fully saturated rings. The highest BCUT2D eigenvalue weighted by Gasteiger charge is 2.51. The number of hydrogen-bond donors (Lipinski definition) is 2. The Labute approximate surface area is 136 Å². The lowest BCUT2D eigenvalue weighted by molar-refractivity contribution is -0.134. The minimum Gasteiger partial charge on any atom is -0.466 e. The molecule has 0 saturated carbocycles. The Morgan fingerprint density at radius 3 is 2.62 bits per heavy atom. The lowest BCUT2D eigenvalue weighted by Crippen LogP contribution is -2.41. The van der Waals surface area contributed by atoms with Crippen LogP contribution in [0, 0.1) is 5.82 Å². The number of nitrogens with one attached hydrogen (secondary N) is 2. The number of carbonyl (C=O) groups excluding carboxylic acids is 3. The van der Waals surface area contributed by atoms with E-state index in [1.54, 1.807) is 12.1 Å². The first-order valence-electron chi connectivity index (χ1n) is 7.13. The molecule has 124 valence electrons. The van der Waals surface area contributed by atoms with E-state index in [4.69, 9.17) is 4.42 Å². The topological polar surface area (TPSA) is 91.7 Å². The normalized spacial score (nSPS) is 20.2. The van der Waals surface area contributed by atoms with Gasteiger partial charge in [-0.05, 0) is 43.3 Å². The number of imide groups is 1. The number of hydrogen-bond acceptors (Lipinski definition) is 4. The molecule has 1 saturated heterocycles. The zero-order valence-electron chi connectivity index (χ0n) is 12.7. The molecule has 1 aromatic heterocycles. The second-order valence-electron chi connectivity index (χ2n) is 5.48. The molecule has 7 nitrogen and oxygen atoms in total. The smallest absolute Gasteiger partial charge is 0.325 e. The molecular formula is C16H14FN3O4. The first kappa shape index (κ1) is 15.7. The van der Waals surface area contributed by atoms with Gasteiger partial charge in [0.05, 0.1) is 6.26 Å². The van der Waals surface area contributed by atoms with E-state index in [2.05, 4.69) is 10.6 Å². The Bertz CT molecular complexity index is 788. The Hall–Kier alpha value is -3.16. The van der Waals surface area contributed by atoms with Gasteiger partial charge in [0.2, 0.25) is 5.91 Å². The van der Waals surface area contributed by atoms with Crippen LogP contribution in [0.25, 0.3) is 0 Å². The molecule has 0 bridgehead atoms. The van der Waals surface area contributed by atoms with Crippen molar-refractivity contribution in [1.82, 2.24) is 10.2 Å². The van der Waals surface area contributed by atoms with Crippen LogP contribution in [0.4, 0.5) is 14.9 Å². The molecule has 2 heterocycles. The molecule has 3 rings (SSSR count). The van der Waals surface area contributed by atoms with E-state index in [1.165, 1.54) is 37.5 Å². The molecule has 0 aliphatic carbocycles. The average molecular weight is 331 g/mol. The summed E-state index contributed by atoms with van der Waals surface area (Å²) >= 11 is 0. The van der Waals surface area contributed by atoms with Crippen molar-refractivity contribution >= 4 is 23.5 Å². The highest BCUT2D eigenvalue weighted by atomic mass is 19.1. The van der Waals surface area contributed by atoms with Crippen LogP contribution in [0.5, 0.6) is 0 Å². The number of carbonyl (C=O) groups is 3. The Morgan fingerprint density at radius 1 is 1.29 bits per heavy atom. The summed E-state index contributed by atoms with van der Waals surface area (Å²) in [4.78, 5) is 37.4. The lowest BCUT2D eigenvalue weighted by Gasteiger charge is -2.18. The molecular weight excluding hydrogens is 317 g/mol. The van der Waals surface area contributed by atoms with Crippen molar-refractivity contribution in [1.29, 1.82) is 0 Å². The van der Waals surface area contributed by atoms with Crippen molar-refractivity contribution < 1.29 is 23.2 Å². The van der Waals surface area contributed by atoms with Gasteiger partial charge in [0.25, 0.3) is 5.91 Å². The van der Waals surface area contributed by atoms with Crippen molar-refractivity contribution in [3.05, 3.63) is 54.2 Å². The van der Waals surface area contributed by atoms with Crippen molar-refractivity contribution in [2.24, 2.45) is 0 Å². The second kappa shape index (κ2) is 5.80. The highest BCUT2D eigenvalue weighted by Crippen LogP contribution is 2.28. The molecule has 2 N–H and O–H groups in total. The quantitative estimate of drug-likeness (QED) is 0.836. The third-order valence-corrected chi connectivity index (χ3v) is 3.72. The third kappa shape index (κ3) is 2.73. The van der Waals surface area contributed by atoms with Crippen molar-refractivity contribution in [3.8, 4) is 0 Å². The van der Waals surface area contributed by atoms with Gasteiger partial charge in [-0.1, -0.05) is 0 Å². The Morgan fingerprint density at radius 2 is 2.00 bits per heavy atom. The van der Waals surface area contributed by atoms with Crippen LogP contribution in [0.1, 0.15) is 12.7 Å². The lowest BCUT2D eigenvalue weighted by atomic mass is 9.99.